The Kier molecular flexibility index (Phi) is 5.97. The van der Waals surface area contributed by atoms with Crippen molar-refractivity contribution in [2.75, 3.05) is 5.32 Å². The molecular weight excluding hydrogens is 428 g/mol. The van der Waals surface area contributed by atoms with Crippen LogP contribution in [0.4, 0.5) is 10.5 Å². The maximum Gasteiger partial charge on any atom is 0.418 e. The summed E-state index contributed by atoms with van der Waals surface area (Å²) in [6.45, 7) is 1.72. The average molecular weight is 449 g/mol. The Labute approximate surface area is 190 Å². The van der Waals surface area contributed by atoms with Gasteiger partial charge in [0.1, 0.15) is 0 Å². The summed E-state index contributed by atoms with van der Waals surface area (Å²) in [5, 5.41) is 3.11. The topological polar surface area (TPSA) is 75.7 Å². The lowest BCUT2D eigenvalue weighted by Gasteiger charge is -2.25. The Morgan fingerprint density at radius 3 is 2.31 bits per heavy atom. The smallest absolute Gasteiger partial charge is 0.418 e. The average Bonchev–Trinajstić information content (AvgIpc) is 3.05. The zero-order valence-electron chi connectivity index (χ0n) is 17.3. The number of nitrogens with one attached hydrogen (secondary N) is 1. The van der Waals surface area contributed by atoms with Gasteiger partial charge < -0.3 is 10.1 Å². The van der Waals surface area contributed by atoms with Crippen molar-refractivity contribution in [2.45, 2.75) is 25.0 Å². The molecule has 0 spiro atoms. The van der Waals surface area contributed by atoms with Gasteiger partial charge in [-0.25, -0.2) is 9.69 Å². The molecule has 1 aliphatic rings. The van der Waals surface area contributed by atoms with E-state index in [1.165, 1.54) is 0 Å². The molecule has 0 saturated carbocycles. The predicted octanol–water partition coefficient (Wildman–Crippen LogP) is 5.00. The third-order valence-electron chi connectivity index (χ3n) is 5.44. The van der Waals surface area contributed by atoms with E-state index in [0.717, 1.165) is 10.5 Å². The summed E-state index contributed by atoms with van der Waals surface area (Å²) in [5.74, 6) is -1.44. The molecule has 3 amide bonds. The highest BCUT2D eigenvalue weighted by molar-refractivity contribution is 6.31. The van der Waals surface area contributed by atoms with Crippen LogP contribution in [-0.4, -0.2) is 28.4 Å². The molecule has 3 aromatic rings. The number of halogens is 1. The fourth-order valence-corrected chi connectivity index (χ4v) is 3.94. The van der Waals surface area contributed by atoms with Crippen LogP contribution in [0.1, 0.15) is 24.1 Å². The van der Waals surface area contributed by atoms with Gasteiger partial charge in [0.25, 0.3) is 17.4 Å². The van der Waals surface area contributed by atoms with Crippen molar-refractivity contribution in [2.24, 2.45) is 0 Å². The molecule has 1 heterocycles. The molecular formula is C25H21ClN2O4. The Balaban J connectivity index is 1.71. The molecule has 0 unspecified atom stereocenters. The fraction of sp³-hybridized carbons (Fsp3) is 0.160. The van der Waals surface area contributed by atoms with Crippen LogP contribution >= 0.6 is 11.6 Å². The molecule has 1 fully saturated rings. The number of ether oxygens (including phenoxy) is 1. The standard InChI is InChI=1S/C25H21ClN2O4/c1-17(19-11-6-3-7-12-19)28-23(30)25(32-24(28)31,16-18-9-4-2-5-10-18)22(29)27-21-14-8-13-20(26)15-21/h2-15,17H,16H2,1H3,(H,27,29)/t17-,25-/m1/s1. The largest absolute Gasteiger partial charge is 0.422 e. The van der Waals surface area contributed by atoms with Gasteiger partial charge in [0, 0.05) is 17.1 Å². The number of carbonyl (C=O) groups is 3. The summed E-state index contributed by atoms with van der Waals surface area (Å²) in [6, 6.07) is 24.0. The number of anilines is 1. The van der Waals surface area contributed by atoms with E-state index in [9.17, 15) is 14.4 Å². The highest BCUT2D eigenvalue weighted by atomic mass is 35.5. The maximum absolute atomic E-state index is 13.6. The zero-order chi connectivity index (χ0) is 22.7. The van der Waals surface area contributed by atoms with Crippen LogP contribution in [0.5, 0.6) is 0 Å². The van der Waals surface area contributed by atoms with Gasteiger partial charge in [-0.2, -0.15) is 0 Å². The molecule has 1 aliphatic heterocycles. The zero-order valence-corrected chi connectivity index (χ0v) is 18.1. The number of nitrogens with zero attached hydrogens (tertiary/aromatic N) is 1. The number of cyclic esters (lactones) is 1. The van der Waals surface area contributed by atoms with E-state index < -0.39 is 29.6 Å². The second-order valence-corrected chi connectivity index (χ2v) is 8.02. The van der Waals surface area contributed by atoms with Gasteiger partial charge in [-0.05, 0) is 36.2 Å². The Morgan fingerprint density at radius 2 is 1.66 bits per heavy atom. The van der Waals surface area contributed by atoms with Gasteiger partial charge in [0.2, 0.25) is 0 Å². The third kappa shape index (κ3) is 4.09. The normalized spacial score (nSPS) is 18.9. The molecule has 32 heavy (non-hydrogen) atoms. The van der Waals surface area contributed by atoms with Crippen LogP contribution in [0.15, 0.2) is 84.9 Å². The van der Waals surface area contributed by atoms with Crippen molar-refractivity contribution >= 4 is 35.2 Å². The Morgan fingerprint density at radius 1 is 1.00 bits per heavy atom. The summed E-state index contributed by atoms with van der Waals surface area (Å²) in [6.07, 6.45) is -0.952. The van der Waals surface area contributed by atoms with Crippen molar-refractivity contribution in [3.05, 3.63) is 101 Å². The first kappa shape index (κ1) is 21.6. The molecule has 162 valence electrons. The van der Waals surface area contributed by atoms with Crippen molar-refractivity contribution in [3.8, 4) is 0 Å². The number of carbonyl (C=O) groups excluding carboxylic acids is 3. The van der Waals surface area contributed by atoms with Crippen LogP contribution in [0.2, 0.25) is 5.02 Å². The van der Waals surface area contributed by atoms with Crippen LogP contribution < -0.4 is 5.32 Å². The van der Waals surface area contributed by atoms with Gasteiger partial charge in [-0.3, -0.25) is 9.59 Å². The minimum Gasteiger partial charge on any atom is -0.422 e. The van der Waals surface area contributed by atoms with Crippen molar-refractivity contribution in [3.63, 3.8) is 0 Å². The van der Waals surface area contributed by atoms with Crippen LogP contribution in [-0.2, 0) is 20.7 Å². The Hall–Kier alpha value is -3.64. The summed E-state index contributed by atoms with van der Waals surface area (Å²) in [7, 11) is 0. The first-order chi connectivity index (χ1) is 15.4. The minimum atomic E-state index is -2.04. The SMILES string of the molecule is C[C@H](c1ccccc1)N1C(=O)O[C@](Cc2ccccc2)(C(=O)Nc2cccc(Cl)c2)C1=O. The monoisotopic (exact) mass is 448 g/mol. The number of hydrogen-bond donors (Lipinski definition) is 1. The van der Waals surface area contributed by atoms with Crippen LogP contribution in [0.3, 0.4) is 0 Å². The quantitative estimate of drug-likeness (QED) is 0.538. The summed E-state index contributed by atoms with van der Waals surface area (Å²) < 4.78 is 5.58. The number of amides is 3. The number of hydrogen-bond acceptors (Lipinski definition) is 4. The first-order valence-electron chi connectivity index (χ1n) is 10.1. The number of rotatable bonds is 6. The highest BCUT2D eigenvalue weighted by Gasteiger charge is 2.60. The van der Waals surface area contributed by atoms with E-state index in [-0.39, 0.29) is 6.42 Å². The lowest BCUT2D eigenvalue weighted by Crippen LogP contribution is -2.52. The second-order valence-electron chi connectivity index (χ2n) is 7.58. The van der Waals surface area contributed by atoms with Gasteiger partial charge >= 0.3 is 6.09 Å². The molecule has 7 heteroatoms. The molecule has 2 atom stereocenters. The summed E-state index contributed by atoms with van der Waals surface area (Å²) in [4.78, 5) is 41.0. The summed E-state index contributed by atoms with van der Waals surface area (Å²) in [5.41, 5.74) is -0.204. The van der Waals surface area contributed by atoms with E-state index in [0.29, 0.717) is 16.3 Å². The van der Waals surface area contributed by atoms with Crippen molar-refractivity contribution < 1.29 is 19.1 Å². The maximum atomic E-state index is 13.6. The second kappa shape index (κ2) is 8.85. The van der Waals surface area contributed by atoms with Gasteiger partial charge in [-0.15, -0.1) is 0 Å². The molecule has 3 aromatic carbocycles. The van der Waals surface area contributed by atoms with Crippen LogP contribution in [0, 0.1) is 0 Å². The van der Waals surface area contributed by atoms with E-state index >= 15 is 0 Å². The molecule has 0 aliphatic carbocycles. The predicted molar refractivity (Wildman–Crippen MR) is 121 cm³/mol. The molecule has 0 aromatic heterocycles. The number of benzene rings is 3. The third-order valence-corrected chi connectivity index (χ3v) is 5.67. The highest BCUT2D eigenvalue weighted by Crippen LogP contribution is 2.35. The Bertz CT molecular complexity index is 1150. The van der Waals surface area contributed by atoms with E-state index in [2.05, 4.69) is 5.32 Å². The summed E-state index contributed by atoms with van der Waals surface area (Å²) >= 11 is 6.02. The number of imide groups is 1. The van der Waals surface area contributed by atoms with Gasteiger partial charge in [0.05, 0.1) is 6.04 Å². The molecule has 4 rings (SSSR count). The van der Waals surface area contributed by atoms with Gasteiger partial charge in [-0.1, -0.05) is 78.3 Å². The van der Waals surface area contributed by atoms with E-state index in [1.54, 1.807) is 55.5 Å². The molecule has 1 saturated heterocycles. The molecule has 6 nitrogen and oxygen atoms in total. The van der Waals surface area contributed by atoms with Crippen LogP contribution in [0.25, 0.3) is 0 Å². The molecule has 1 N–H and O–H groups in total. The van der Waals surface area contributed by atoms with Crippen molar-refractivity contribution in [1.82, 2.24) is 4.90 Å². The lowest BCUT2D eigenvalue weighted by atomic mass is 9.91. The first-order valence-corrected chi connectivity index (χ1v) is 10.5. The van der Waals surface area contributed by atoms with E-state index in [1.807, 2.05) is 36.4 Å². The lowest BCUT2D eigenvalue weighted by molar-refractivity contribution is -0.147. The fourth-order valence-electron chi connectivity index (χ4n) is 3.75. The minimum absolute atomic E-state index is 0.0944. The van der Waals surface area contributed by atoms with E-state index in [4.69, 9.17) is 16.3 Å². The van der Waals surface area contributed by atoms with Gasteiger partial charge in [0.15, 0.2) is 0 Å². The van der Waals surface area contributed by atoms with Crippen molar-refractivity contribution in [1.29, 1.82) is 0 Å². The molecule has 0 bridgehead atoms. The molecule has 0 radical (unpaired) electrons.